The predicted molar refractivity (Wildman–Crippen MR) is 68.3 cm³/mol. The number of rotatable bonds is 4. The van der Waals surface area contributed by atoms with Crippen LogP contribution in [0.2, 0.25) is 0 Å². The normalized spacial score (nSPS) is 12.1. The van der Waals surface area contributed by atoms with Gasteiger partial charge < -0.3 is 11.1 Å². The second-order valence-corrected chi connectivity index (χ2v) is 3.71. The molecule has 82 valence electrons. The summed E-state index contributed by atoms with van der Waals surface area (Å²) in [4.78, 5) is 0. The molecule has 3 N–H and O–H groups in total. The molecule has 0 aromatic heterocycles. The largest absolute Gasteiger partial charge is 0.377 e. The van der Waals surface area contributed by atoms with Crippen molar-refractivity contribution in [3.63, 3.8) is 0 Å². The van der Waals surface area contributed by atoms with Gasteiger partial charge in [0.25, 0.3) is 0 Å². The summed E-state index contributed by atoms with van der Waals surface area (Å²) in [5.74, 6) is 0. The molecule has 0 aliphatic heterocycles. The van der Waals surface area contributed by atoms with Crippen LogP contribution in [-0.2, 0) is 0 Å². The predicted octanol–water partition coefficient (Wildman–Crippen LogP) is 2.80. The number of nitrogens with one attached hydrogen (secondary N) is 1. The van der Waals surface area contributed by atoms with Gasteiger partial charge in [-0.1, -0.05) is 48.5 Å². The summed E-state index contributed by atoms with van der Waals surface area (Å²) in [5, 5.41) is 3.42. The van der Waals surface area contributed by atoms with Crippen LogP contribution in [0.4, 0.5) is 5.69 Å². The van der Waals surface area contributed by atoms with Gasteiger partial charge in [-0.15, -0.1) is 0 Å². The van der Waals surface area contributed by atoms with Gasteiger partial charge in [0.05, 0.1) is 6.04 Å². The van der Waals surface area contributed by atoms with Crippen molar-refractivity contribution < 1.29 is 0 Å². The lowest BCUT2D eigenvalue weighted by Gasteiger charge is -2.18. The van der Waals surface area contributed by atoms with E-state index < -0.39 is 0 Å². The van der Waals surface area contributed by atoms with E-state index >= 15 is 0 Å². The Kier molecular flexibility index (Phi) is 3.57. The molecule has 0 fully saturated rings. The van der Waals surface area contributed by atoms with Crippen molar-refractivity contribution in [2.45, 2.75) is 6.04 Å². The molecule has 1 atom stereocenters. The molecule has 0 bridgehead atoms. The van der Waals surface area contributed by atoms with Gasteiger partial charge in [-0.3, -0.25) is 0 Å². The zero-order valence-corrected chi connectivity index (χ0v) is 9.14. The molecule has 0 saturated carbocycles. The molecule has 0 radical (unpaired) electrons. The maximum absolute atomic E-state index is 5.79. The maximum atomic E-state index is 5.79. The summed E-state index contributed by atoms with van der Waals surface area (Å²) in [5.41, 5.74) is 8.11. The molecular weight excluding hydrogens is 196 g/mol. The van der Waals surface area contributed by atoms with Crippen LogP contribution in [-0.4, -0.2) is 6.54 Å². The first-order valence-corrected chi connectivity index (χ1v) is 5.47. The van der Waals surface area contributed by atoms with Gasteiger partial charge in [0.2, 0.25) is 0 Å². The molecule has 0 saturated heterocycles. The Labute approximate surface area is 96.1 Å². The van der Waals surface area contributed by atoms with Gasteiger partial charge in [0.1, 0.15) is 0 Å². The van der Waals surface area contributed by atoms with Crippen LogP contribution in [0, 0.1) is 0 Å². The minimum absolute atomic E-state index is 0.170. The third-order valence-corrected chi connectivity index (χ3v) is 2.55. The first-order valence-electron chi connectivity index (χ1n) is 5.47. The Morgan fingerprint density at radius 3 is 2.00 bits per heavy atom. The molecule has 2 aromatic carbocycles. The molecule has 2 heteroatoms. The molecule has 2 rings (SSSR count). The summed E-state index contributed by atoms with van der Waals surface area (Å²) in [6.07, 6.45) is 0. The van der Waals surface area contributed by atoms with Gasteiger partial charge in [-0.05, 0) is 17.7 Å². The van der Waals surface area contributed by atoms with Crippen LogP contribution in [0.25, 0.3) is 0 Å². The van der Waals surface area contributed by atoms with E-state index in [4.69, 9.17) is 5.73 Å². The van der Waals surface area contributed by atoms with Crippen molar-refractivity contribution in [2.75, 3.05) is 11.9 Å². The van der Waals surface area contributed by atoms with Crippen molar-refractivity contribution in [1.82, 2.24) is 0 Å². The first-order chi connectivity index (χ1) is 7.90. The molecule has 0 aliphatic rings. The summed E-state index contributed by atoms with van der Waals surface area (Å²) in [6, 6.07) is 20.6. The second-order valence-electron chi connectivity index (χ2n) is 3.71. The Bertz CT molecular complexity index is 411. The number of nitrogens with two attached hydrogens (primary N) is 1. The van der Waals surface area contributed by atoms with E-state index in [1.807, 2.05) is 48.5 Å². The van der Waals surface area contributed by atoms with Gasteiger partial charge in [0.15, 0.2) is 0 Å². The Morgan fingerprint density at radius 1 is 0.875 bits per heavy atom. The van der Waals surface area contributed by atoms with Crippen LogP contribution >= 0.6 is 0 Å². The van der Waals surface area contributed by atoms with E-state index in [1.165, 1.54) is 5.56 Å². The Hall–Kier alpha value is -1.80. The highest BCUT2D eigenvalue weighted by Crippen LogP contribution is 2.17. The minimum atomic E-state index is 0.170. The standard InChI is InChI=1S/C14H16N2/c15-11-14(12-7-3-1-4-8-12)16-13-9-5-2-6-10-13/h1-10,14,16H,11,15H2/t14-/m0/s1. The molecule has 2 aromatic rings. The average Bonchev–Trinajstić information content (AvgIpc) is 2.38. The highest BCUT2D eigenvalue weighted by Gasteiger charge is 2.07. The lowest BCUT2D eigenvalue weighted by Crippen LogP contribution is -2.20. The molecule has 0 spiro atoms. The Morgan fingerprint density at radius 2 is 1.44 bits per heavy atom. The van der Waals surface area contributed by atoms with Gasteiger partial charge >= 0.3 is 0 Å². The minimum Gasteiger partial charge on any atom is -0.377 e. The quantitative estimate of drug-likeness (QED) is 0.817. The number of benzene rings is 2. The lowest BCUT2D eigenvalue weighted by molar-refractivity contribution is 0.790. The third kappa shape index (κ3) is 2.61. The maximum Gasteiger partial charge on any atom is 0.0636 e. The zero-order chi connectivity index (χ0) is 11.2. The fraction of sp³-hybridized carbons (Fsp3) is 0.143. The van der Waals surface area contributed by atoms with Crippen LogP contribution < -0.4 is 11.1 Å². The van der Waals surface area contributed by atoms with E-state index in [0.29, 0.717) is 6.54 Å². The summed E-state index contributed by atoms with van der Waals surface area (Å²) < 4.78 is 0. The average molecular weight is 212 g/mol. The van der Waals surface area contributed by atoms with Gasteiger partial charge in [0, 0.05) is 12.2 Å². The number of hydrogen-bond acceptors (Lipinski definition) is 2. The molecule has 0 heterocycles. The van der Waals surface area contributed by atoms with Crippen LogP contribution in [0.1, 0.15) is 11.6 Å². The van der Waals surface area contributed by atoms with Gasteiger partial charge in [-0.25, -0.2) is 0 Å². The van der Waals surface area contributed by atoms with Crippen LogP contribution in [0.3, 0.4) is 0 Å². The van der Waals surface area contributed by atoms with Crippen LogP contribution in [0.5, 0.6) is 0 Å². The first kappa shape index (κ1) is 10.7. The Balaban J connectivity index is 2.13. The van der Waals surface area contributed by atoms with Gasteiger partial charge in [-0.2, -0.15) is 0 Å². The van der Waals surface area contributed by atoms with Crippen molar-refractivity contribution in [1.29, 1.82) is 0 Å². The van der Waals surface area contributed by atoms with E-state index in [9.17, 15) is 0 Å². The molecular formula is C14H16N2. The van der Waals surface area contributed by atoms with E-state index in [-0.39, 0.29) is 6.04 Å². The lowest BCUT2D eigenvalue weighted by atomic mass is 10.1. The van der Waals surface area contributed by atoms with E-state index in [0.717, 1.165) is 5.69 Å². The van der Waals surface area contributed by atoms with E-state index in [2.05, 4.69) is 17.4 Å². The molecule has 2 nitrogen and oxygen atoms in total. The molecule has 16 heavy (non-hydrogen) atoms. The highest BCUT2D eigenvalue weighted by molar-refractivity contribution is 5.45. The topological polar surface area (TPSA) is 38.0 Å². The monoisotopic (exact) mass is 212 g/mol. The summed E-state index contributed by atoms with van der Waals surface area (Å²) >= 11 is 0. The van der Waals surface area contributed by atoms with Crippen molar-refractivity contribution in [3.8, 4) is 0 Å². The van der Waals surface area contributed by atoms with Crippen LogP contribution in [0.15, 0.2) is 60.7 Å². The van der Waals surface area contributed by atoms with E-state index in [1.54, 1.807) is 0 Å². The smallest absolute Gasteiger partial charge is 0.0636 e. The molecule has 0 unspecified atom stereocenters. The fourth-order valence-electron chi connectivity index (χ4n) is 1.70. The molecule has 0 amide bonds. The zero-order valence-electron chi connectivity index (χ0n) is 9.14. The van der Waals surface area contributed by atoms with Crippen molar-refractivity contribution >= 4 is 5.69 Å². The summed E-state index contributed by atoms with van der Waals surface area (Å²) in [6.45, 7) is 0.582. The fourth-order valence-corrected chi connectivity index (χ4v) is 1.70. The highest BCUT2D eigenvalue weighted by atomic mass is 14.9. The third-order valence-electron chi connectivity index (χ3n) is 2.55. The number of hydrogen-bond donors (Lipinski definition) is 2. The van der Waals surface area contributed by atoms with Crippen molar-refractivity contribution in [3.05, 3.63) is 66.2 Å². The summed E-state index contributed by atoms with van der Waals surface area (Å²) in [7, 11) is 0. The number of anilines is 1. The van der Waals surface area contributed by atoms with Crippen molar-refractivity contribution in [2.24, 2.45) is 5.73 Å². The SMILES string of the molecule is NC[C@H](Nc1ccccc1)c1ccccc1. The second kappa shape index (κ2) is 5.33. The number of para-hydroxylation sites is 1. The molecule has 0 aliphatic carbocycles.